The van der Waals surface area contributed by atoms with Crippen LogP contribution in [0.25, 0.3) is 11.8 Å². The molecule has 1 aliphatic heterocycles. The Morgan fingerprint density at radius 1 is 1.03 bits per heavy atom. The molecule has 1 fully saturated rings. The Bertz CT molecular complexity index is 1310. The van der Waals surface area contributed by atoms with Crippen molar-refractivity contribution in [1.29, 1.82) is 0 Å². The number of carbonyl (C=O) groups excluding carboxylic acids is 2. The largest absolute Gasteiger partial charge is 0.478 e. The number of amides is 2. The summed E-state index contributed by atoms with van der Waals surface area (Å²) >= 11 is 6.43. The van der Waals surface area contributed by atoms with Crippen molar-refractivity contribution in [3.05, 3.63) is 93.6 Å². The predicted octanol–water partition coefficient (Wildman–Crippen LogP) is 4.34. The molecule has 3 aromatic rings. The molecule has 0 atom stereocenters. The van der Waals surface area contributed by atoms with Crippen LogP contribution in [-0.4, -0.2) is 36.8 Å². The van der Waals surface area contributed by atoms with Crippen LogP contribution in [0.15, 0.2) is 65.6 Å². The van der Waals surface area contributed by atoms with Crippen molar-refractivity contribution in [3.8, 4) is 5.69 Å². The topological polar surface area (TPSA) is 91.6 Å². The zero-order chi connectivity index (χ0) is 23.7. The lowest BCUT2D eigenvalue weighted by Gasteiger charge is -2.15. The second-order valence-electron chi connectivity index (χ2n) is 7.34. The average Bonchev–Trinajstić information content (AvgIpc) is 3.23. The van der Waals surface area contributed by atoms with Gasteiger partial charge in [-0.2, -0.15) is 5.01 Å². The van der Waals surface area contributed by atoms with E-state index in [1.807, 2.05) is 24.5 Å². The van der Waals surface area contributed by atoms with Gasteiger partial charge in [-0.25, -0.2) is 4.79 Å². The van der Waals surface area contributed by atoms with Gasteiger partial charge in [-0.3, -0.25) is 15.0 Å². The van der Waals surface area contributed by atoms with Gasteiger partial charge in [-0.15, -0.1) is 0 Å². The van der Waals surface area contributed by atoms with Crippen LogP contribution in [0.2, 0.25) is 0 Å². The molecule has 0 bridgehead atoms. The maximum Gasteiger partial charge on any atom is 0.335 e. The summed E-state index contributed by atoms with van der Waals surface area (Å²) in [5.74, 6) is -1.80. The van der Waals surface area contributed by atoms with E-state index in [2.05, 4.69) is 5.43 Å². The summed E-state index contributed by atoms with van der Waals surface area (Å²) in [5, 5.41) is 10.2. The minimum atomic E-state index is -0.982. The molecule has 2 heterocycles. The van der Waals surface area contributed by atoms with E-state index in [9.17, 15) is 14.4 Å². The Labute approximate surface area is 199 Å². The number of hydrogen-bond acceptors (Lipinski definition) is 5. The van der Waals surface area contributed by atoms with Gasteiger partial charge in [0.25, 0.3) is 11.8 Å². The molecule has 1 saturated heterocycles. The normalized spacial score (nSPS) is 14.7. The zero-order valence-corrected chi connectivity index (χ0v) is 19.4. The van der Waals surface area contributed by atoms with Crippen LogP contribution in [0.5, 0.6) is 0 Å². The lowest BCUT2D eigenvalue weighted by Crippen LogP contribution is -2.44. The second-order valence-corrected chi connectivity index (χ2v) is 9.01. The van der Waals surface area contributed by atoms with Gasteiger partial charge >= 0.3 is 5.97 Å². The Kier molecular flexibility index (Phi) is 6.17. The van der Waals surface area contributed by atoms with E-state index in [0.29, 0.717) is 10.5 Å². The first-order valence-corrected chi connectivity index (χ1v) is 11.2. The predicted molar refractivity (Wildman–Crippen MR) is 131 cm³/mol. The van der Waals surface area contributed by atoms with Crippen molar-refractivity contribution >= 4 is 52.2 Å². The lowest BCUT2D eigenvalue weighted by atomic mass is 10.2. The fourth-order valence-electron chi connectivity index (χ4n) is 3.55. The number of carboxylic acid groups (broad SMARTS) is 1. The monoisotopic (exact) mass is 477 g/mol. The number of nitrogens with one attached hydrogen (secondary N) is 1. The molecule has 2 amide bonds. The van der Waals surface area contributed by atoms with Crippen LogP contribution in [0.3, 0.4) is 0 Å². The maximum absolute atomic E-state index is 12.9. The van der Waals surface area contributed by atoms with Crippen LogP contribution in [0.1, 0.15) is 37.7 Å². The number of hydrazine groups is 1. The first kappa shape index (κ1) is 22.5. The zero-order valence-electron chi connectivity index (χ0n) is 17.7. The van der Waals surface area contributed by atoms with E-state index < -0.39 is 17.8 Å². The number of aryl methyl sites for hydroxylation is 1. The molecule has 1 aromatic heterocycles. The molecule has 2 N–H and O–H groups in total. The van der Waals surface area contributed by atoms with E-state index in [1.54, 1.807) is 60.7 Å². The quantitative estimate of drug-likeness (QED) is 0.420. The van der Waals surface area contributed by atoms with Crippen molar-refractivity contribution in [2.45, 2.75) is 13.8 Å². The highest BCUT2D eigenvalue weighted by atomic mass is 32.2. The van der Waals surface area contributed by atoms with Gasteiger partial charge in [-0.1, -0.05) is 30.0 Å². The van der Waals surface area contributed by atoms with Gasteiger partial charge in [0.15, 0.2) is 4.32 Å². The first-order chi connectivity index (χ1) is 15.8. The van der Waals surface area contributed by atoms with Crippen LogP contribution in [0, 0.1) is 13.8 Å². The number of thiocarbonyl (C=S) groups is 1. The summed E-state index contributed by atoms with van der Waals surface area (Å²) in [6, 6.07) is 17.1. The van der Waals surface area contributed by atoms with Crippen LogP contribution < -0.4 is 5.43 Å². The number of hydrogen-bond donors (Lipinski definition) is 2. The molecule has 0 aliphatic carbocycles. The highest BCUT2D eigenvalue weighted by Crippen LogP contribution is 2.33. The molecule has 1 aliphatic rings. The van der Waals surface area contributed by atoms with Gasteiger partial charge in [0.2, 0.25) is 0 Å². The van der Waals surface area contributed by atoms with E-state index in [-0.39, 0.29) is 9.88 Å². The van der Waals surface area contributed by atoms with Crippen molar-refractivity contribution in [2.75, 3.05) is 0 Å². The standard InChI is InChI=1S/C24H19N3O4S2/c1-14-12-18(15(2)26(14)19-10-8-17(9-11-19)23(30)31)13-20-22(29)27(24(32)33-20)25-21(28)16-6-4-3-5-7-16/h3-13H,1-2H3,(H,25,28)(H,30,31)/b20-13+. The fourth-order valence-corrected chi connectivity index (χ4v) is 4.72. The molecule has 0 unspecified atom stereocenters. The number of rotatable bonds is 5. The Morgan fingerprint density at radius 3 is 2.33 bits per heavy atom. The summed E-state index contributed by atoms with van der Waals surface area (Å²) in [5.41, 5.74) is 6.66. The SMILES string of the molecule is Cc1cc(/C=C2/SC(=S)N(NC(=O)c3ccccc3)C2=O)c(C)n1-c1ccc(C(=O)O)cc1. The minimum absolute atomic E-state index is 0.211. The summed E-state index contributed by atoms with van der Waals surface area (Å²) in [6.07, 6.45) is 1.75. The third kappa shape index (κ3) is 4.46. The van der Waals surface area contributed by atoms with Gasteiger partial charge in [0.1, 0.15) is 0 Å². The summed E-state index contributed by atoms with van der Waals surface area (Å²) in [6.45, 7) is 3.85. The molecular formula is C24H19N3O4S2. The number of aromatic carboxylic acids is 1. The van der Waals surface area contributed by atoms with Gasteiger partial charge < -0.3 is 9.67 Å². The third-order valence-corrected chi connectivity index (χ3v) is 6.47. The third-order valence-electron chi connectivity index (χ3n) is 5.17. The van der Waals surface area contributed by atoms with Crippen LogP contribution in [0.4, 0.5) is 0 Å². The van der Waals surface area contributed by atoms with Gasteiger partial charge in [0, 0.05) is 22.6 Å². The Hall–Kier alpha value is -3.69. The van der Waals surface area contributed by atoms with E-state index >= 15 is 0 Å². The summed E-state index contributed by atoms with van der Waals surface area (Å²) < 4.78 is 2.23. The molecule has 0 saturated carbocycles. The van der Waals surface area contributed by atoms with Gasteiger partial charge in [-0.05, 0) is 80.2 Å². The average molecular weight is 478 g/mol. The minimum Gasteiger partial charge on any atom is -0.478 e. The number of aromatic nitrogens is 1. The van der Waals surface area contributed by atoms with Crippen molar-refractivity contribution in [1.82, 2.24) is 15.0 Å². The van der Waals surface area contributed by atoms with Crippen molar-refractivity contribution < 1.29 is 19.5 Å². The van der Waals surface area contributed by atoms with Crippen molar-refractivity contribution in [2.24, 2.45) is 0 Å². The lowest BCUT2D eigenvalue weighted by molar-refractivity contribution is -0.123. The number of carbonyl (C=O) groups is 3. The molecule has 0 spiro atoms. The first-order valence-electron chi connectivity index (χ1n) is 9.93. The summed E-state index contributed by atoms with van der Waals surface area (Å²) in [4.78, 5) is 36.9. The highest BCUT2D eigenvalue weighted by Gasteiger charge is 2.34. The number of carboxylic acids is 1. The maximum atomic E-state index is 12.9. The Morgan fingerprint density at radius 2 is 1.70 bits per heavy atom. The fraction of sp³-hybridized carbons (Fsp3) is 0.0833. The van der Waals surface area contributed by atoms with Crippen LogP contribution >= 0.6 is 24.0 Å². The van der Waals surface area contributed by atoms with E-state index in [4.69, 9.17) is 17.3 Å². The molecular weight excluding hydrogens is 458 g/mol. The van der Waals surface area contributed by atoms with Gasteiger partial charge in [0.05, 0.1) is 10.5 Å². The van der Waals surface area contributed by atoms with E-state index in [0.717, 1.165) is 39.4 Å². The molecule has 0 radical (unpaired) electrons. The Balaban J connectivity index is 1.59. The number of benzene rings is 2. The van der Waals surface area contributed by atoms with Crippen LogP contribution in [-0.2, 0) is 4.79 Å². The molecule has 7 nitrogen and oxygen atoms in total. The second kappa shape index (κ2) is 9.05. The number of thioether (sulfide) groups is 1. The van der Waals surface area contributed by atoms with E-state index in [1.165, 1.54) is 0 Å². The molecule has 166 valence electrons. The molecule has 9 heteroatoms. The smallest absolute Gasteiger partial charge is 0.335 e. The summed E-state index contributed by atoms with van der Waals surface area (Å²) in [7, 11) is 0. The highest BCUT2D eigenvalue weighted by molar-refractivity contribution is 8.26. The molecule has 2 aromatic carbocycles. The number of nitrogens with zero attached hydrogens (tertiary/aromatic N) is 2. The molecule has 33 heavy (non-hydrogen) atoms. The van der Waals surface area contributed by atoms with Crippen molar-refractivity contribution in [3.63, 3.8) is 0 Å². The molecule has 4 rings (SSSR count).